The molecule has 1 aromatic heterocycles. The molecule has 0 amide bonds. The summed E-state index contributed by atoms with van der Waals surface area (Å²) < 4.78 is 11.0. The number of para-hydroxylation sites is 1. The van der Waals surface area contributed by atoms with Gasteiger partial charge in [-0.1, -0.05) is 18.2 Å². The summed E-state index contributed by atoms with van der Waals surface area (Å²) in [7, 11) is 0. The molecule has 4 nitrogen and oxygen atoms in total. The Morgan fingerprint density at radius 2 is 2.04 bits per heavy atom. The maximum Gasteiger partial charge on any atom is 0.231 e. The molecule has 122 valence electrons. The summed E-state index contributed by atoms with van der Waals surface area (Å²) in [5.41, 5.74) is 1.19. The second-order valence-electron chi connectivity index (χ2n) is 6.22. The second kappa shape index (κ2) is 6.51. The summed E-state index contributed by atoms with van der Waals surface area (Å²) in [5, 5.41) is 12.5. The summed E-state index contributed by atoms with van der Waals surface area (Å²) in [5.74, 6) is 2.12. The number of aliphatic hydroxyl groups excluding tert-OH is 1. The topological polar surface area (TPSA) is 41.9 Å². The van der Waals surface area contributed by atoms with Gasteiger partial charge in [0.1, 0.15) is 0 Å². The van der Waals surface area contributed by atoms with E-state index in [0.717, 1.165) is 48.9 Å². The van der Waals surface area contributed by atoms with Gasteiger partial charge in [-0.25, -0.2) is 0 Å². The van der Waals surface area contributed by atoms with Gasteiger partial charge in [-0.3, -0.25) is 4.90 Å². The van der Waals surface area contributed by atoms with Crippen LogP contribution >= 0.6 is 11.3 Å². The summed E-state index contributed by atoms with van der Waals surface area (Å²) in [6.07, 6.45) is 1.76. The number of benzene rings is 1. The zero-order chi connectivity index (χ0) is 15.6. The molecule has 0 radical (unpaired) electrons. The van der Waals surface area contributed by atoms with Gasteiger partial charge in [0, 0.05) is 17.0 Å². The van der Waals surface area contributed by atoms with Crippen LogP contribution in [0.15, 0.2) is 35.7 Å². The molecule has 0 aliphatic carbocycles. The van der Waals surface area contributed by atoms with Crippen LogP contribution in [0.2, 0.25) is 0 Å². The van der Waals surface area contributed by atoms with Crippen molar-refractivity contribution in [3.8, 4) is 11.5 Å². The third-order valence-electron chi connectivity index (χ3n) is 4.79. The smallest absolute Gasteiger partial charge is 0.231 e. The number of hydrogen-bond donors (Lipinski definition) is 1. The Morgan fingerprint density at radius 1 is 1.17 bits per heavy atom. The Labute approximate surface area is 140 Å². The van der Waals surface area contributed by atoms with E-state index in [9.17, 15) is 5.11 Å². The normalized spacial score (nSPS) is 19.9. The lowest BCUT2D eigenvalue weighted by atomic mass is 9.90. The molecular formula is C18H21NO3S. The van der Waals surface area contributed by atoms with Crippen molar-refractivity contribution in [1.29, 1.82) is 0 Å². The molecule has 0 bridgehead atoms. The van der Waals surface area contributed by atoms with E-state index in [1.165, 1.54) is 5.56 Å². The van der Waals surface area contributed by atoms with E-state index >= 15 is 0 Å². The van der Waals surface area contributed by atoms with Gasteiger partial charge in [-0.05, 0) is 49.4 Å². The highest BCUT2D eigenvalue weighted by atomic mass is 32.1. The largest absolute Gasteiger partial charge is 0.454 e. The fourth-order valence-corrected chi connectivity index (χ4v) is 4.28. The van der Waals surface area contributed by atoms with Crippen molar-refractivity contribution in [2.75, 3.05) is 19.9 Å². The van der Waals surface area contributed by atoms with Crippen LogP contribution in [0.3, 0.4) is 0 Å². The maximum atomic E-state index is 10.5. The fraction of sp³-hybridized carbons (Fsp3) is 0.444. The average molecular weight is 331 g/mol. The Balaban J connectivity index is 1.36. The van der Waals surface area contributed by atoms with E-state index in [1.54, 1.807) is 11.3 Å². The second-order valence-corrected chi connectivity index (χ2v) is 7.20. The molecule has 1 fully saturated rings. The first-order valence-corrected chi connectivity index (χ1v) is 9.00. The van der Waals surface area contributed by atoms with Gasteiger partial charge in [0.05, 0.1) is 6.10 Å². The van der Waals surface area contributed by atoms with Crippen LogP contribution in [0.4, 0.5) is 0 Å². The lowest BCUT2D eigenvalue weighted by Crippen LogP contribution is -2.35. The Bertz CT molecular complexity index is 650. The van der Waals surface area contributed by atoms with Crippen molar-refractivity contribution in [2.45, 2.75) is 25.5 Å². The number of hydrogen-bond acceptors (Lipinski definition) is 5. The minimum Gasteiger partial charge on any atom is -0.454 e. The van der Waals surface area contributed by atoms with Gasteiger partial charge in [0.15, 0.2) is 11.5 Å². The molecule has 2 aromatic rings. The number of aliphatic hydroxyl groups is 1. The lowest BCUT2D eigenvalue weighted by Gasteiger charge is -2.34. The van der Waals surface area contributed by atoms with Crippen molar-refractivity contribution in [2.24, 2.45) is 5.92 Å². The van der Waals surface area contributed by atoms with Gasteiger partial charge in [0.25, 0.3) is 0 Å². The number of nitrogens with zero attached hydrogens (tertiary/aromatic N) is 1. The van der Waals surface area contributed by atoms with E-state index in [4.69, 9.17) is 9.47 Å². The first-order chi connectivity index (χ1) is 11.3. The molecule has 0 spiro atoms. The summed E-state index contributed by atoms with van der Waals surface area (Å²) >= 11 is 1.65. The Kier molecular flexibility index (Phi) is 4.25. The highest BCUT2D eigenvalue weighted by Gasteiger charge is 2.27. The van der Waals surface area contributed by atoms with Gasteiger partial charge in [0.2, 0.25) is 6.79 Å². The predicted octanol–water partition coefficient (Wildman–Crippen LogP) is 3.42. The zero-order valence-corrected chi connectivity index (χ0v) is 13.8. The summed E-state index contributed by atoms with van der Waals surface area (Å²) in [6.45, 7) is 3.23. The minimum atomic E-state index is -0.310. The van der Waals surface area contributed by atoms with Gasteiger partial charge >= 0.3 is 0 Å². The van der Waals surface area contributed by atoms with Crippen LogP contribution in [-0.4, -0.2) is 29.9 Å². The third-order valence-corrected chi connectivity index (χ3v) is 5.73. The van der Waals surface area contributed by atoms with Crippen molar-refractivity contribution in [3.05, 3.63) is 46.2 Å². The highest BCUT2D eigenvalue weighted by molar-refractivity contribution is 7.10. The van der Waals surface area contributed by atoms with Crippen LogP contribution in [0.1, 0.15) is 29.4 Å². The monoisotopic (exact) mass is 331 g/mol. The Hall–Kier alpha value is -1.56. The molecule has 3 heterocycles. The number of fused-ring (bicyclic) bond motifs is 1. The summed E-state index contributed by atoms with van der Waals surface area (Å²) in [6, 6.07) is 10.1. The molecule has 1 saturated heterocycles. The molecule has 5 heteroatoms. The SMILES string of the molecule is O[C@H](c1cccs1)C1CCN(Cc2cccc3c2OCO3)CC1. The molecular weight excluding hydrogens is 310 g/mol. The van der Waals surface area contributed by atoms with E-state index < -0.39 is 0 Å². The van der Waals surface area contributed by atoms with Gasteiger partial charge < -0.3 is 14.6 Å². The van der Waals surface area contributed by atoms with Crippen molar-refractivity contribution < 1.29 is 14.6 Å². The standard InChI is InChI=1S/C18H21NO3S/c20-17(16-5-2-10-23-16)13-6-8-19(9-7-13)11-14-3-1-4-15-18(14)22-12-21-15/h1-5,10,13,17,20H,6-9,11-12H2/t17-/m0/s1. The van der Waals surface area contributed by atoms with Crippen LogP contribution in [0, 0.1) is 5.92 Å². The van der Waals surface area contributed by atoms with E-state index in [2.05, 4.69) is 11.0 Å². The number of rotatable bonds is 4. The number of likely N-dealkylation sites (tertiary alicyclic amines) is 1. The zero-order valence-electron chi connectivity index (χ0n) is 13.0. The molecule has 1 N–H and O–H groups in total. The predicted molar refractivity (Wildman–Crippen MR) is 89.8 cm³/mol. The number of thiophene rings is 1. The molecule has 2 aliphatic heterocycles. The number of piperidine rings is 1. The van der Waals surface area contributed by atoms with E-state index in [-0.39, 0.29) is 6.10 Å². The molecule has 2 aliphatic rings. The number of ether oxygens (including phenoxy) is 2. The maximum absolute atomic E-state index is 10.5. The molecule has 23 heavy (non-hydrogen) atoms. The first kappa shape index (κ1) is 15.0. The van der Waals surface area contributed by atoms with Crippen LogP contribution < -0.4 is 9.47 Å². The lowest BCUT2D eigenvalue weighted by molar-refractivity contribution is 0.0588. The molecule has 0 unspecified atom stereocenters. The molecule has 1 aromatic carbocycles. The minimum absolute atomic E-state index is 0.310. The van der Waals surface area contributed by atoms with Crippen LogP contribution in [0.25, 0.3) is 0 Å². The van der Waals surface area contributed by atoms with Crippen molar-refractivity contribution >= 4 is 11.3 Å². The van der Waals surface area contributed by atoms with Crippen LogP contribution in [0.5, 0.6) is 11.5 Å². The van der Waals surface area contributed by atoms with Crippen LogP contribution in [-0.2, 0) is 6.54 Å². The van der Waals surface area contributed by atoms with E-state index in [1.807, 2.05) is 29.6 Å². The summed E-state index contributed by atoms with van der Waals surface area (Å²) in [4.78, 5) is 3.53. The molecule has 4 rings (SSSR count). The highest BCUT2D eigenvalue weighted by Crippen LogP contribution is 2.37. The van der Waals surface area contributed by atoms with E-state index in [0.29, 0.717) is 12.7 Å². The average Bonchev–Trinajstić information content (AvgIpc) is 3.27. The fourth-order valence-electron chi connectivity index (χ4n) is 3.47. The molecule has 0 saturated carbocycles. The van der Waals surface area contributed by atoms with Crippen molar-refractivity contribution in [3.63, 3.8) is 0 Å². The molecule has 1 atom stereocenters. The quantitative estimate of drug-likeness (QED) is 0.932. The van der Waals surface area contributed by atoms with Crippen molar-refractivity contribution in [1.82, 2.24) is 4.90 Å². The third kappa shape index (κ3) is 3.09. The Morgan fingerprint density at radius 3 is 2.83 bits per heavy atom. The van der Waals surface area contributed by atoms with Gasteiger partial charge in [-0.15, -0.1) is 11.3 Å². The van der Waals surface area contributed by atoms with Gasteiger partial charge in [-0.2, -0.15) is 0 Å². The first-order valence-electron chi connectivity index (χ1n) is 8.12.